The molecule has 2 aromatic carbocycles. The molecule has 2 rings (SSSR count). The molecule has 23 heavy (non-hydrogen) atoms. The van der Waals surface area contributed by atoms with E-state index in [-0.39, 0.29) is 0 Å². The molecule has 0 aliphatic heterocycles. The van der Waals surface area contributed by atoms with Gasteiger partial charge in [-0.05, 0) is 43.0 Å². The van der Waals surface area contributed by atoms with Gasteiger partial charge in [-0.25, -0.2) is 0 Å². The summed E-state index contributed by atoms with van der Waals surface area (Å²) in [5, 5.41) is 5.60. The minimum Gasteiger partial charge on any atom is -0.347 e. The first-order valence-corrected chi connectivity index (χ1v) is 7.75. The molecule has 0 aliphatic carbocycles. The molecular formula is C18H19ClN2O2. The maximum atomic E-state index is 12.0. The lowest BCUT2D eigenvalue weighted by Gasteiger charge is -2.11. The predicted molar refractivity (Wildman–Crippen MR) is 92.7 cm³/mol. The van der Waals surface area contributed by atoms with Crippen molar-refractivity contribution >= 4 is 29.1 Å². The SMILES string of the molecule is Cc1cc(C)c(NC(=O)C(=O)NCCc2ccccc2)c(Cl)c1. The number of nitrogens with one attached hydrogen (secondary N) is 2. The van der Waals surface area contributed by atoms with Crippen LogP contribution in [0.4, 0.5) is 5.69 Å². The van der Waals surface area contributed by atoms with E-state index >= 15 is 0 Å². The minimum absolute atomic E-state index is 0.400. The van der Waals surface area contributed by atoms with Crippen LogP contribution in [0.1, 0.15) is 16.7 Å². The Kier molecular flexibility index (Phi) is 5.77. The number of carbonyl (C=O) groups is 2. The zero-order valence-electron chi connectivity index (χ0n) is 13.2. The van der Waals surface area contributed by atoms with Gasteiger partial charge in [0.2, 0.25) is 0 Å². The van der Waals surface area contributed by atoms with E-state index in [4.69, 9.17) is 11.6 Å². The molecule has 0 saturated heterocycles. The second-order valence-electron chi connectivity index (χ2n) is 5.38. The van der Waals surface area contributed by atoms with Crippen LogP contribution in [0.15, 0.2) is 42.5 Å². The average Bonchev–Trinajstić information content (AvgIpc) is 2.51. The maximum Gasteiger partial charge on any atom is 0.313 e. The number of hydrogen-bond donors (Lipinski definition) is 2. The topological polar surface area (TPSA) is 58.2 Å². The van der Waals surface area contributed by atoms with Gasteiger partial charge in [-0.2, -0.15) is 0 Å². The van der Waals surface area contributed by atoms with Gasteiger partial charge in [0.1, 0.15) is 0 Å². The second kappa shape index (κ2) is 7.79. The summed E-state index contributed by atoms with van der Waals surface area (Å²) in [7, 11) is 0. The summed E-state index contributed by atoms with van der Waals surface area (Å²) in [5.74, 6) is -1.39. The highest BCUT2D eigenvalue weighted by Gasteiger charge is 2.16. The molecule has 2 aromatic rings. The summed E-state index contributed by atoms with van der Waals surface area (Å²) in [6, 6.07) is 13.4. The molecule has 120 valence electrons. The van der Waals surface area contributed by atoms with Gasteiger partial charge in [0, 0.05) is 6.54 Å². The first-order valence-electron chi connectivity index (χ1n) is 7.37. The number of halogens is 1. The van der Waals surface area contributed by atoms with Crippen molar-refractivity contribution in [3.8, 4) is 0 Å². The molecule has 0 saturated carbocycles. The number of hydrogen-bond acceptors (Lipinski definition) is 2. The third-order valence-electron chi connectivity index (χ3n) is 3.42. The predicted octanol–water partition coefficient (Wildman–Crippen LogP) is 3.25. The van der Waals surface area contributed by atoms with Gasteiger partial charge in [0.25, 0.3) is 0 Å². The molecule has 0 atom stereocenters. The molecule has 0 unspecified atom stereocenters. The molecule has 0 spiro atoms. The number of amides is 2. The Morgan fingerprint density at radius 1 is 1.04 bits per heavy atom. The fraction of sp³-hybridized carbons (Fsp3) is 0.222. The van der Waals surface area contributed by atoms with Crippen LogP contribution in [0.2, 0.25) is 5.02 Å². The lowest BCUT2D eigenvalue weighted by Crippen LogP contribution is -2.36. The van der Waals surface area contributed by atoms with Crippen LogP contribution in [-0.2, 0) is 16.0 Å². The summed E-state index contributed by atoms with van der Waals surface area (Å²) in [6.45, 7) is 4.15. The zero-order valence-corrected chi connectivity index (χ0v) is 13.9. The summed E-state index contributed by atoms with van der Waals surface area (Å²) in [6.07, 6.45) is 0.671. The highest BCUT2D eigenvalue weighted by atomic mass is 35.5. The van der Waals surface area contributed by atoms with Crippen LogP contribution in [0.5, 0.6) is 0 Å². The van der Waals surface area contributed by atoms with Gasteiger partial charge >= 0.3 is 11.8 Å². The normalized spacial score (nSPS) is 10.2. The van der Waals surface area contributed by atoms with E-state index in [1.54, 1.807) is 6.07 Å². The molecule has 0 fully saturated rings. The lowest BCUT2D eigenvalue weighted by molar-refractivity contribution is -0.136. The van der Waals surface area contributed by atoms with E-state index in [9.17, 15) is 9.59 Å². The number of carbonyl (C=O) groups excluding carboxylic acids is 2. The van der Waals surface area contributed by atoms with E-state index in [1.807, 2.05) is 50.2 Å². The number of rotatable bonds is 4. The number of anilines is 1. The van der Waals surface area contributed by atoms with Gasteiger partial charge in [0.05, 0.1) is 10.7 Å². The number of aryl methyl sites for hydroxylation is 2. The van der Waals surface area contributed by atoms with Crippen molar-refractivity contribution in [2.24, 2.45) is 0 Å². The maximum absolute atomic E-state index is 12.0. The Balaban J connectivity index is 1.89. The van der Waals surface area contributed by atoms with Crippen LogP contribution >= 0.6 is 11.6 Å². The third-order valence-corrected chi connectivity index (χ3v) is 3.72. The smallest absolute Gasteiger partial charge is 0.313 e. The summed E-state index contributed by atoms with van der Waals surface area (Å²) in [4.78, 5) is 23.8. The second-order valence-corrected chi connectivity index (χ2v) is 5.79. The van der Waals surface area contributed by atoms with Gasteiger partial charge < -0.3 is 10.6 Å². The summed E-state index contributed by atoms with van der Waals surface area (Å²) >= 11 is 6.12. The molecule has 0 bridgehead atoms. The van der Waals surface area contributed by atoms with Gasteiger partial charge in [-0.3, -0.25) is 9.59 Å². The number of benzene rings is 2. The van der Waals surface area contributed by atoms with Gasteiger partial charge in [0.15, 0.2) is 0 Å². The van der Waals surface area contributed by atoms with Crippen molar-refractivity contribution in [3.63, 3.8) is 0 Å². The molecule has 0 heterocycles. The Morgan fingerprint density at radius 3 is 2.39 bits per heavy atom. The quantitative estimate of drug-likeness (QED) is 0.845. The van der Waals surface area contributed by atoms with Crippen molar-refractivity contribution in [1.29, 1.82) is 0 Å². The van der Waals surface area contributed by atoms with Crippen molar-refractivity contribution < 1.29 is 9.59 Å². The first kappa shape index (κ1) is 17.0. The largest absolute Gasteiger partial charge is 0.347 e. The monoisotopic (exact) mass is 330 g/mol. The average molecular weight is 331 g/mol. The zero-order chi connectivity index (χ0) is 16.8. The molecule has 2 N–H and O–H groups in total. The standard InChI is InChI=1S/C18H19ClN2O2/c1-12-10-13(2)16(15(19)11-12)21-18(23)17(22)20-9-8-14-6-4-3-5-7-14/h3-7,10-11H,8-9H2,1-2H3,(H,20,22)(H,21,23). The Labute approximate surface area is 140 Å². The fourth-order valence-electron chi connectivity index (χ4n) is 2.29. The molecule has 4 nitrogen and oxygen atoms in total. The van der Waals surface area contributed by atoms with E-state index < -0.39 is 11.8 Å². The molecule has 5 heteroatoms. The van der Waals surface area contributed by atoms with Crippen molar-refractivity contribution in [2.75, 3.05) is 11.9 Å². The van der Waals surface area contributed by atoms with Crippen LogP contribution in [0.25, 0.3) is 0 Å². The lowest BCUT2D eigenvalue weighted by atomic mass is 10.1. The molecular weight excluding hydrogens is 312 g/mol. The van der Waals surface area contributed by atoms with Crippen molar-refractivity contribution in [1.82, 2.24) is 5.32 Å². The molecule has 2 amide bonds. The Morgan fingerprint density at radius 2 is 1.74 bits per heavy atom. The highest BCUT2D eigenvalue weighted by molar-refractivity contribution is 6.41. The van der Waals surface area contributed by atoms with Gasteiger partial charge in [-0.1, -0.05) is 48.0 Å². The Bertz CT molecular complexity index is 691. The third kappa shape index (κ3) is 4.83. The van der Waals surface area contributed by atoms with Crippen molar-refractivity contribution in [2.45, 2.75) is 20.3 Å². The minimum atomic E-state index is -0.716. The van der Waals surface area contributed by atoms with Crippen LogP contribution in [0, 0.1) is 13.8 Å². The first-order chi connectivity index (χ1) is 11.0. The molecule has 0 aliphatic rings. The summed E-state index contributed by atoms with van der Waals surface area (Å²) in [5.41, 5.74) is 3.39. The van der Waals surface area contributed by atoms with E-state index in [2.05, 4.69) is 10.6 Å². The van der Waals surface area contributed by atoms with Crippen LogP contribution < -0.4 is 10.6 Å². The van der Waals surface area contributed by atoms with E-state index in [0.717, 1.165) is 16.7 Å². The fourth-order valence-corrected chi connectivity index (χ4v) is 2.66. The van der Waals surface area contributed by atoms with Crippen molar-refractivity contribution in [3.05, 3.63) is 64.2 Å². The summed E-state index contributed by atoms with van der Waals surface area (Å²) < 4.78 is 0. The van der Waals surface area contributed by atoms with E-state index in [0.29, 0.717) is 23.7 Å². The molecule has 0 aromatic heterocycles. The molecule has 0 radical (unpaired) electrons. The highest BCUT2D eigenvalue weighted by Crippen LogP contribution is 2.27. The Hall–Kier alpha value is -2.33. The van der Waals surface area contributed by atoms with E-state index in [1.165, 1.54) is 0 Å². The van der Waals surface area contributed by atoms with Crippen LogP contribution in [0.3, 0.4) is 0 Å². The van der Waals surface area contributed by atoms with Crippen LogP contribution in [-0.4, -0.2) is 18.4 Å². The van der Waals surface area contributed by atoms with Gasteiger partial charge in [-0.15, -0.1) is 0 Å².